The van der Waals surface area contributed by atoms with Gasteiger partial charge in [-0.25, -0.2) is 8.78 Å². The minimum Gasteiger partial charge on any atom is -0.397 e. The Hall–Kier alpha value is -1.36. The lowest BCUT2D eigenvalue weighted by Gasteiger charge is -2.37. The molecule has 0 saturated heterocycles. The second-order valence-corrected chi connectivity index (χ2v) is 4.95. The van der Waals surface area contributed by atoms with E-state index in [9.17, 15) is 13.9 Å². The predicted octanol–water partition coefficient (Wildman–Crippen LogP) is 2.65. The summed E-state index contributed by atoms with van der Waals surface area (Å²) >= 11 is 0. The van der Waals surface area contributed by atoms with Crippen LogP contribution in [0.1, 0.15) is 32.1 Å². The Labute approximate surface area is 105 Å². The fraction of sp³-hybridized carbons (Fsp3) is 0.538. The zero-order chi connectivity index (χ0) is 13.2. The number of halogens is 2. The maximum absolute atomic E-state index is 13.7. The number of anilines is 2. The summed E-state index contributed by atoms with van der Waals surface area (Å²) in [7, 11) is 0. The molecule has 1 aliphatic rings. The second kappa shape index (κ2) is 5.10. The Morgan fingerprint density at radius 2 is 1.89 bits per heavy atom. The first-order valence-corrected chi connectivity index (χ1v) is 6.20. The van der Waals surface area contributed by atoms with E-state index in [1.807, 2.05) is 0 Å². The molecular formula is C13H18F2N2O. The molecule has 0 aromatic heterocycles. The zero-order valence-corrected chi connectivity index (χ0v) is 10.2. The standard InChI is InChI=1S/C13H18F2N2O/c14-9-4-5-10(16)12(11(9)15)17-13(8-18)6-2-1-3-7-13/h4-5,17-18H,1-3,6-8,16H2. The SMILES string of the molecule is Nc1ccc(F)c(F)c1NC1(CO)CCCCC1. The van der Waals surface area contributed by atoms with Gasteiger partial charge in [-0.05, 0) is 25.0 Å². The first-order chi connectivity index (χ1) is 8.58. The van der Waals surface area contributed by atoms with Gasteiger partial charge in [0.25, 0.3) is 0 Å². The average Bonchev–Trinajstić information content (AvgIpc) is 2.40. The molecule has 0 atom stereocenters. The first-order valence-electron chi connectivity index (χ1n) is 6.20. The minimum absolute atomic E-state index is 0.0362. The summed E-state index contributed by atoms with van der Waals surface area (Å²) in [5.74, 6) is -1.91. The molecular weight excluding hydrogens is 238 g/mol. The molecule has 0 radical (unpaired) electrons. The smallest absolute Gasteiger partial charge is 0.183 e. The normalized spacial score (nSPS) is 18.6. The summed E-state index contributed by atoms with van der Waals surface area (Å²) in [6.07, 6.45) is 4.50. The van der Waals surface area contributed by atoms with Crippen LogP contribution in [0.3, 0.4) is 0 Å². The predicted molar refractivity (Wildman–Crippen MR) is 67.3 cm³/mol. The molecule has 0 spiro atoms. The van der Waals surface area contributed by atoms with Crippen molar-refractivity contribution in [3.63, 3.8) is 0 Å². The van der Waals surface area contributed by atoms with Gasteiger partial charge in [0.05, 0.1) is 23.5 Å². The molecule has 5 heteroatoms. The van der Waals surface area contributed by atoms with Crippen molar-refractivity contribution in [3.05, 3.63) is 23.8 Å². The van der Waals surface area contributed by atoms with Crippen LogP contribution in [0.2, 0.25) is 0 Å². The van der Waals surface area contributed by atoms with Crippen molar-refractivity contribution in [1.82, 2.24) is 0 Å². The monoisotopic (exact) mass is 256 g/mol. The van der Waals surface area contributed by atoms with Gasteiger partial charge in [0.2, 0.25) is 0 Å². The summed E-state index contributed by atoms with van der Waals surface area (Å²) in [5, 5.41) is 12.5. The quantitative estimate of drug-likeness (QED) is 0.729. The molecule has 1 aromatic rings. The van der Waals surface area contributed by atoms with Gasteiger partial charge in [-0.2, -0.15) is 0 Å². The molecule has 1 saturated carbocycles. The van der Waals surface area contributed by atoms with Gasteiger partial charge in [-0.1, -0.05) is 19.3 Å². The van der Waals surface area contributed by atoms with Crippen molar-refractivity contribution < 1.29 is 13.9 Å². The molecule has 2 rings (SSSR count). The van der Waals surface area contributed by atoms with E-state index in [1.165, 1.54) is 6.07 Å². The highest BCUT2D eigenvalue weighted by molar-refractivity contribution is 5.68. The number of nitrogens with one attached hydrogen (secondary N) is 1. The Morgan fingerprint density at radius 3 is 2.50 bits per heavy atom. The molecule has 0 heterocycles. The number of benzene rings is 1. The van der Waals surface area contributed by atoms with Gasteiger partial charge < -0.3 is 16.2 Å². The van der Waals surface area contributed by atoms with Crippen LogP contribution in [0.25, 0.3) is 0 Å². The number of hydrogen-bond acceptors (Lipinski definition) is 3. The first kappa shape index (κ1) is 13.1. The molecule has 4 N–H and O–H groups in total. The maximum Gasteiger partial charge on any atom is 0.183 e. The second-order valence-electron chi connectivity index (χ2n) is 4.95. The molecule has 0 amide bonds. The number of hydrogen-bond donors (Lipinski definition) is 3. The van der Waals surface area contributed by atoms with Crippen LogP contribution < -0.4 is 11.1 Å². The fourth-order valence-electron chi connectivity index (χ4n) is 2.51. The van der Waals surface area contributed by atoms with Crippen molar-refractivity contribution in [2.45, 2.75) is 37.6 Å². The van der Waals surface area contributed by atoms with Crippen molar-refractivity contribution in [2.75, 3.05) is 17.7 Å². The third-order valence-corrected chi connectivity index (χ3v) is 3.63. The van der Waals surface area contributed by atoms with E-state index < -0.39 is 17.2 Å². The lowest BCUT2D eigenvalue weighted by atomic mass is 9.82. The third kappa shape index (κ3) is 2.41. The molecule has 18 heavy (non-hydrogen) atoms. The van der Waals surface area contributed by atoms with Gasteiger partial charge in [0, 0.05) is 0 Å². The highest BCUT2D eigenvalue weighted by atomic mass is 19.2. The largest absolute Gasteiger partial charge is 0.397 e. The summed E-state index contributed by atoms with van der Waals surface area (Å²) in [4.78, 5) is 0. The summed E-state index contributed by atoms with van der Waals surface area (Å²) in [6, 6.07) is 2.33. The molecule has 100 valence electrons. The third-order valence-electron chi connectivity index (χ3n) is 3.63. The van der Waals surface area contributed by atoms with Crippen LogP contribution in [0.5, 0.6) is 0 Å². The Bertz CT molecular complexity index is 431. The highest BCUT2D eigenvalue weighted by Crippen LogP contribution is 2.34. The van der Waals surface area contributed by atoms with Crippen molar-refractivity contribution >= 4 is 11.4 Å². The summed E-state index contributed by atoms with van der Waals surface area (Å²) in [6.45, 7) is -0.109. The van der Waals surface area contributed by atoms with Gasteiger partial charge >= 0.3 is 0 Å². The van der Waals surface area contributed by atoms with Crippen LogP contribution in [0, 0.1) is 11.6 Å². The number of nitrogens with two attached hydrogens (primary N) is 1. The minimum atomic E-state index is -0.978. The molecule has 3 nitrogen and oxygen atoms in total. The Balaban J connectivity index is 2.29. The lowest BCUT2D eigenvalue weighted by Crippen LogP contribution is -2.44. The molecule has 1 fully saturated rings. The van der Waals surface area contributed by atoms with Crippen molar-refractivity contribution in [3.8, 4) is 0 Å². The number of nitrogen functional groups attached to an aromatic ring is 1. The van der Waals surface area contributed by atoms with E-state index >= 15 is 0 Å². The van der Waals surface area contributed by atoms with Crippen LogP contribution in [0.15, 0.2) is 12.1 Å². The summed E-state index contributed by atoms with van der Waals surface area (Å²) < 4.78 is 26.9. The Morgan fingerprint density at radius 1 is 1.22 bits per heavy atom. The zero-order valence-electron chi connectivity index (χ0n) is 10.2. The van der Waals surface area contributed by atoms with Crippen molar-refractivity contribution in [2.24, 2.45) is 0 Å². The molecule has 1 aromatic carbocycles. The fourth-order valence-corrected chi connectivity index (χ4v) is 2.51. The van der Waals surface area contributed by atoms with Gasteiger partial charge in [-0.3, -0.25) is 0 Å². The van der Waals surface area contributed by atoms with Crippen molar-refractivity contribution in [1.29, 1.82) is 0 Å². The van der Waals surface area contributed by atoms with Crippen LogP contribution in [-0.2, 0) is 0 Å². The molecule has 0 unspecified atom stereocenters. The highest BCUT2D eigenvalue weighted by Gasteiger charge is 2.32. The maximum atomic E-state index is 13.7. The van der Waals surface area contributed by atoms with Gasteiger partial charge in [0.1, 0.15) is 0 Å². The van der Waals surface area contributed by atoms with Gasteiger partial charge in [-0.15, -0.1) is 0 Å². The van der Waals surface area contributed by atoms with E-state index in [1.54, 1.807) is 0 Å². The molecule has 0 aliphatic heterocycles. The van der Waals surface area contributed by atoms with Crippen LogP contribution >= 0.6 is 0 Å². The summed E-state index contributed by atoms with van der Waals surface area (Å²) in [5.41, 5.74) is 5.21. The van der Waals surface area contributed by atoms with Crippen LogP contribution in [0.4, 0.5) is 20.2 Å². The van der Waals surface area contributed by atoms with Gasteiger partial charge in [0.15, 0.2) is 11.6 Å². The molecule has 0 bridgehead atoms. The number of aliphatic hydroxyl groups is 1. The van der Waals surface area contributed by atoms with E-state index in [-0.39, 0.29) is 18.0 Å². The average molecular weight is 256 g/mol. The molecule has 1 aliphatic carbocycles. The van der Waals surface area contributed by atoms with E-state index in [0.29, 0.717) is 0 Å². The lowest BCUT2D eigenvalue weighted by molar-refractivity contribution is 0.172. The van der Waals surface area contributed by atoms with E-state index in [0.717, 1.165) is 38.2 Å². The Kier molecular flexibility index (Phi) is 3.71. The van der Waals surface area contributed by atoms with E-state index in [4.69, 9.17) is 5.73 Å². The van der Waals surface area contributed by atoms with E-state index in [2.05, 4.69) is 5.32 Å². The number of rotatable bonds is 3. The topological polar surface area (TPSA) is 58.3 Å². The number of aliphatic hydroxyl groups excluding tert-OH is 1. The van der Waals surface area contributed by atoms with Crippen LogP contribution in [-0.4, -0.2) is 17.3 Å².